The summed E-state index contributed by atoms with van der Waals surface area (Å²) in [6, 6.07) is -0.161. The van der Waals surface area contributed by atoms with Gasteiger partial charge in [0.25, 0.3) is 11.9 Å². The number of hydrogen-bond acceptors (Lipinski definition) is 2. The monoisotopic (exact) mass is 262 g/mol. The average Bonchev–Trinajstić information content (AvgIpc) is 2.34. The van der Waals surface area contributed by atoms with Crippen LogP contribution >= 0.6 is 0 Å². The Hall–Kier alpha value is -1.33. The highest BCUT2D eigenvalue weighted by atomic mass is 19.2. The van der Waals surface area contributed by atoms with Crippen LogP contribution in [0.2, 0.25) is 0 Å². The molecule has 1 N–H and O–H groups in total. The molecule has 1 heterocycles. The molecule has 0 atom stereocenters. The number of rotatable bonds is 2. The largest absolute Gasteiger partial charge is 0.377 e. The molecule has 18 heavy (non-hydrogen) atoms. The standard InChI is InChI=1S/C12H14F4N2/c1-6-2-4-7(5-3-6)17-10-8(13)11(15)18-12(16)9(10)14/h6-7H,2-5H2,1H3,(H,17,18). The van der Waals surface area contributed by atoms with E-state index in [0.29, 0.717) is 5.92 Å². The maximum Gasteiger partial charge on any atom is 0.253 e. The van der Waals surface area contributed by atoms with Gasteiger partial charge in [0.05, 0.1) is 0 Å². The lowest BCUT2D eigenvalue weighted by atomic mass is 9.87. The summed E-state index contributed by atoms with van der Waals surface area (Å²) in [7, 11) is 0. The molecule has 0 bridgehead atoms. The van der Waals surface area contributed by atoms with Gasteiger partial charge in [0.1, 0.15) is 5.69 Å². The van der Waals surface area contributed by atoms with Crippen LogP contribution in [0, 0.1) is 29.4 Å². The first-order valence-electron chi connectivity index (χ1n) is 5.95. The molecule has 0 radical (unpaired) electrons. The van der Waals surface area contributed by atoms with Crippen molar-refractivity contribution in [3.05, 3.63) is 23.5 Å². The average molecular weight is 262 g/mol. The van der Waals surface area contributed by atoms with Crippen LogP contribution in [0.4, 0.5) is 23.2 Å². The molecule has 0 amide bonds. The summed E-state index contributed by atoms with van der Waals surface area (Å²) in [6.45, 7) is 2.10. The molecule has 1 aliphatic carbocycles. The number of nitrogens with zero attached hydrogens (tertiary/aromatic N) is 1. The van der Waals surface area contributed by atoms with Crippen LogP contribution < -0.4 is 5.32 Å². The Balaban J connectivity index is 2.18. The molecule has 0 spiro atoms. The van der Waals surface area contributed by atoms with Crippen LogP contribution in [0.25, 0.3) is 0 Å². The Morgan fingerprint density at radius 2 is 1.44 bits per heavy atom. The highest BCUT2D eigenvalue weighted by Gasteiger charge is 2.25. The molecule has 1 aliphatic rings. The molecule has 1 aromatic heterocycles. The van der Waals surface area contributed by atoms with Gasteiger partial charge >= 0.3 is 0 Å². The predicted molar refractivity (Wildman–Crippen MR) is 59.1 cm³/mol. The molecule has 1 aromatic rings. The fourth-order valence-corrected chi connectivity index (χ4v) is 2.22. The smallest absolute Gasteiger partial charge is 0.253 e. The van der Waals surface area contributed by atoms with Crippen LogP contribution in [0.5, 0.6) is 0 Å². The number of hydrogen-bond donors (Lipinski definition) is 1. The van der Waals surface area contributed by atoms with E-state index in [2.05, 4.69) is 17.2 Å². The SMILES string of the molecule is CC1CCC(Nc2c(F)c(F)nc(F)c2F)CC1. The number of aromatic nitrogens is 1. The van der Waals surface area contributed by atoms with E-state index in [1.54, 1.807) is 0 Å². The minimum absolute atomic E-state index is 0.161. The predicted octanol–water partition coefficient (Wildman–Crippen LogP) is 3.63. The van der Waals surface area contributed by atoms with Crippen molar-refractivity contribution in [3.8, 4) is 0 Å². The molecule has 100 valence electrons. The number of pyridine rings is 1. The summed E-state index contributed by atoms with van der Waals surface area (Å²) < 4.78 is 52.5. The minimum Gasteiger partial charge on any atom is -0.377 e. The lowest BCUT2D eigenvalue weighted by Crippen LogP contribution is -2.26. The summed E-state index contributed by atoms with van der Waals surface area (Å²) in [5, 5.41) is 2.55. The summed E-state index contributed by atoms with van der Waals surface area (Å²) >= 11 is 0. The number of halogens is 4. The Kier molecular flexibility index (Phi) is 3.73. The first-order valence-corrected chi connectivity index (χ1v) is 5.95. The Morgan fingerprint density at radius 1 is 0.944 bits per heavy atom. The fraction of sp³-hybridized carbons (Fsp3) is 0.583. The molecule has 2 rings (SSSR count). The van der Waals surface area contributed by atoms with Gasteiger partial charge in [0.15, 0.2) is 0 Å². The van der Waals surface area contributed by atoms with Gasteiger partial charge < -0.3 is 5.32 Å². The molecule has 2 nitrogen and oxygen atoms in total. The lowest BCUT2D eigenvalue weighted by molar-refractivity contribution is 0.356. The Bertz CT molecular complexity index is 416. The zero-order valence-electron chi connectivity index (χ0n) is 9.94. The third-order valence-corrected chi connectivity index (χ3v) is 3.36. The van der Waals surface area contributed by atoms with Crippen LogP contribution in [0.3, 0.4) is 0 Å². The lowest BCUT2D eigenvalue weighted by Gasteiger charge is -2.27. The van der Waals surface area contributed by atoms with Gasteiger partial charge in [0.2, 0.25) is 11.6 Å². The van der Waals surface area contributed by atoms with E-state index in [-0.39, 0.29) is 6.04 Å². The Labute approximate surface area is 102 Å². The van der Waals surface area contributed by atoms with E-state index in [0.717, 1.165) is 25.7 Å². The third-order valence-electron chi connectivity index (χ3n) is 3.36. The van der Waals surface area contributed by atoms with E-state index in [9.17, 15) is 17.6 Å². The molecular formula is C12H14F4N2. The van der Waals surface area contributed by atoms with Gasteiger partial charge in [0, 0.05) is 6.04 Å². The molecule has 1 fully saturated rings. The Morgan fingerprint density at radius 3 is 1.94 bits per heavy atom. The highest BCUT2D eigenvalue weighted by molar-refractivity contribution is 5.46. The van der Waals surface area contributed by atoms with E-state index >= 15 is 0 Å². The van der Waals surface area contributed by atoms with E-state index in [4.69, 9.17) is 0 Å². The van der Waals surface area contributed by atoms with Gasteiger partial charge in [-0.3, -0.25) is 0 Å². The van der Waals surface area contributed by atoms with Crippen molar-refractivity contribution < 1.29 is 17.6 Å². The van der Waals surface area contributed by atoms with E-state index in [1.807, 2.05) is 0 Å². The molecule has 0 saturated heterocycles. The second-order valence-corrected chi connectivity index (χ2v) is 4.80. The molecule has 6 heteroatoms. The van der Waals surface area contributed by atoms with Crippen molar-refractivity contribution in [3.63, 3.8) is 0 Å². The van der Waals surface area contributed by atoms with Crippen molar-refractivity contribution in [1.82, 2.24) is 4.98 Å². The van der Waals surface area contributed by atoms with Crippen molar-refractivity contribution in [2.24, 2.45) is 5.92 Å². The normalized spacial score (nSPS) is 24.1. The fourth-order valence-electron chi connectivity index (χ4n) is 2.22. The second-order valence-electron chi connectivity index (χ2n) is 4.80. The number of anilines is 1. The molecule has 1 saturated carbocycles. The van der Waals surface area contributed by atoms with Gasteiger partial charge in [-0.15, -0.1) is 0 Å². The zero-order valence-corrected chi connectivity index (χ0v) is 9.94. The van der Waals surface area contributed by atoms with Crippen LogP contribution in [-0.2, 0) is 0 Å². The molecule has 0 aliphatic heterocycles. The molecular weight excluding hydrogens is 248 g/mol. The van der Waals surface area contributed by atoms with Crippen molar-refractivity contribution >= 4 is 5.69 Å². The molecule has 0 unspecified atom stereocenters. The number of nitrogens with one attached hydrogen (secondary N) is 1. The van der Waals surface area contributed by atoms with Crippen LogP contribution in [-0.4, -0.2) is 11.0 Å². The topological polar surface area (TPSA) is 24.9 Å². The summed E-state index contributed by atoms with van der Waals surface area (Å²) in [5.74, 6) is -5.61. The first kappa shape index (κ1) is 13.1. The van der Waals surface area contributed by atoms with E-state index < -0.39 is 29.2 Å². The van der Waals surface area contributed by atoms with Crippen molar-refractivity contribution in [2.45, 2.75) is 38.6 Å². The second kappa shape index (κ2) is 5.12. The third kappa shape index (κ3) is 2.57. The summed E-state index contributed by atoms with van der Waals surface area (Å²) in [4.78, 5) is 2.52. The maximum absolute atomic E-state index is 13.4. The first-order chi connectivity index (χ1) is 8.49. The van der Waals surface area contributed by atoms with Gasteiger partial charge in [-0.2, -0.15) is 22.5 Å². The highest BCUT2D eigenvalue weighted by Crippen LogP contribution is 2.29. The quantitative estimate of drug-likeness (QED) is 0.650. The maximum atomic E-state index is 13.4. The summed E-state index contributed by atoms with van der Waals surface area (Å²) in [6.07, 6.45) is 3.31. The van der Waals surface area contributed by atoms with Gasteiger partial charge in [-0.1, -0.05) is 6.92 Å². The van der Waals surface area contributed by atoms with Gasteiger partial charge in [-0.25, -0.2) is 0 Å². The molecule has 0 aromatic carbocycles. The minimum atomic E-state index is -1.62. The van der Waals surface area contributed by atoms with Crippen molar-refractivity contribution in [1.29, 1.82) is 0 Å². The zero-order chi connectivity index (χ0) is 13.3. The van der Waals surface area contributed by atoms with Crippen LogP contribution in [0.1, 0.15) is 32.6 Å². The summed E-state index contributed by atoms with van der Waals surface area (Å²) in [5.41, 5.74) is -0.750. The van der Waals surface area contributed by atoms with E-state index in [1.165, 1.54) is 0 Å². The van der Waals surface area contributed by atoms with Gasteiger partial charge in [-0.05, 0) is 31.6 Å². The van der Waals surface area contributed by atoms with Crippen LogP contribution in [0.15, 0.2) is 0 Å². The van der Waals surface area contributed by atoms with Crippen molar-refractivity contribution in [2.75, 3.05) is 5.32 Å².